The number of rotatable bonds is 2. The van der Waals surface area contributed by atoms with Crippen molar-refractivity contribution in [2.24, 2.45) is 0 Å². The van der Waals surface area contributed by atoms with Gasteiger partial charge in [0.1, 0.15) is 17.0 Å². The average molecular weight is 341 g/mol. The minimum Gasteiger partial charge on any atom is -0.338 e. The molecule has 0 saturated carbocycles. The van der Waals surface area contributed by atoms with Crippen LogP contribution in [0.4, 0.5) is 0 Å². The molecule has 124 valence electrons. The summed E-state index contributed by atoms with van der Waals surface area (Å²) in [5.41, 5.74) is 1.52. The lowest BCUT2D eigenvalue weighted by Crippen LogP contribution is -2.47. The number of amides is 1. The summed E-state index contributed by atoms with van der Waals surface area (Å²) in [6.45, 7) is 5.68. The fourth-order valence-corrected chi connectivity index (χ4v) is 4.58. The van der Waals surface area contributed by atoms with Gasteiger partial charge in [0, 0.05) is 42.5 Å². The van der Waals surface area contributed by atoms with E-state index in [1.54, 1.807) is 23.7 Å². The maximum Gasteiger partial charge on any atom is 0.257 e. The highest BCUT2D eigenvalue weighted by atomic mass is 32.1. The molecular formula is C17H19N5OS. The molecule has 4 rings (SSSR count). The molecule has 1 saturated heterocycles. The molecular weight excluding hydrogens is 322 g/mol. The second-order valence-electron chi connectivity index (χ2n) is 6.60. The fourth-order valence-electron chi connectivity index (χ4n) is 3.56. The molecule has 7 heteroatoms. The van der Waals surface area contributed by atoms with Crippen molar-refractivity contribution in [3.63, 3.8) is 0 Å². The van der Waals surface area contributed by atoms with E-state index in [9.17, 15) is 4.79 Å². The van der Waals surface area contributed by atoms with E-state index < -0.39 is 0 Å². The zero-order valence-electron chi connectivity index (χ0n) is 13.8. The van der Waals surface area contributed by atoms with Crippen molar-refractivity contribution in [1.29, 1.82) is 0 Å². The lowest BCUT2D eigenvalue weighted by atomic mass is 9.79. The van der Waals surface area contributed by atoms with Crippen molar-refractivity contribution in [1.82, 2.24) is 24.3 Å². The van der Waals surface area contributed by atoms with E-state index >= 15 is 0 Å². The first kappa shape index (κ1) is 15.3. The van der Waals surface area contributed by atoms with Crippen LogP contribution in [-0.2, 0) is 5.41 Å². The summed E-state index contributed by atoms with van der Waals surface area (Å²) in [5, 5.41) is 2.09. The lowest BCUT2D eigenvalue weighted by Gasteiger charge is -2.39. The van der Waals surface area contributed by atoms with Crippen LogP contribution in [0.15, 0.2) is 30.3 Å². The SMILES string of the molecule is Cc1nc([C@]2(C)CCCN(C(=O)c3cncnc3)C2)c2sccn12. The number of piperidine rings is 1. The summed E-state index contributed by atoms with van der Waals surface area (Å²) in [5.74, 6) is 1.00. The summed E-state index contributed by atoms with van der Waals surface area (Å²) in [6, 6.07) is 0. The van der Waals surface area contributed by atoms with Gasteiger partial charge in [-0.3, -0.25) is 9.20 Å². The molecule has 3 aromatic rings. The largest absolute Gasteiger partial charge is 0.338 e. The molecule has 0 radical (unpaired) electrons. The van der Waals surface area contributed by atoms with Crippen molar-refractivity contribution in [2.45, 2.75) is 32.1 Å². The van der Waals surface area contributed by atoms with Gasteiger partial charge in [0.15, 0.2) is 0 Å². The molecule has 0 aliphatic carbocycles. The third-order valence-electron chi connectivity index (χ3n) is 4.80. The fraction of sp³-hybridized carbons (Fsp3) is 0.412. The monoisotopic (exact) mass is 341 g/mol. The van der Waals surface area contributed by atoms with Crippen molar-refractivity contribution < 1.29 is 4.79 Å². The van der Waals surface area contributed by atoms with Crippen molar-refractivity contribution in [3.8, 4) is 0 Å². The van der Waals surface area contributed by atoms with E-state index in [0.29, 0.717) is 12.1 Å². The van der Waals surface area contributed by atoms with Crippen LogP contribution in [0.1, 0.15) is 41.6 Å². The number of hydrogen-bond acceptors (Lipinski definition) is 5. The van der Waals surface area contributed by atoms with Gasteiger partial charge in [0.2, 0.25) is 0 Å². The van der Waals surface area contributed by atoms with E-state index in [1.165, 1.54) is 11.2 Å². The Morgan fingerprint density at radius 1 is 1.33 bits per heavy atom. The van der Waals surface area contributed by atoms with E-state index in [0.717, 1.165) is 30.9 Å². The summed E-state index contributed by atoms with van der Waals surface area (Å²) in [4.78, 5) is 28.6. The molecule has 1 amide bonds. The quantitative estimate of drug-likeness (QED) is 0.719. The minimum atomic E-state index is -0.131. The highest BCUT2D eigenvalue weighted by Gasteiger charge is 2.38. The van der Waals surface area contributed by atoms with Gasteiger partial charge in [-0.05, 0) is 19.8 Å². The van der Waals surface area contributed by atoms with Crippen LogP contribution in [0, 0.1) is 6.92 Å². The summed E-state index contributed by atoms with van der Waals surface area (Å²) >= 11 is 1.71. The summed E-state index contributed by atoms with van der Waals surface area (Å²) in [7, 11) is 0. The lowest BCUT2D eigenvalue weighted by molar-refractivity contribution is 0.0648. The molecule has 0 unspecified atom stereocenters. The number of hydrogen-bond donors (Lipinski definition) is 0. The standard InChI is InChI=1S/C17H19N5OS/c1-12-20-14(16-22(12)6-7-24-16)17(2)4-3-5-21(10-17)15(23)13-8-18-11-19-9-13/h6-9,11H,3-5,10H2,1-2H3/t17-/m1/s1. The van der Waals surface area contributed by atoms with Gasteiger partial charge >= 0.3 is 0 Å². The maximum absolute atomic E-state index is 12.8. The zero-order chi connectivity index (χ0) is 16.7. The molecule has 1 aliphatic rings. The van der Waals surface area contributed by atoms with Crippen LogP contribution in [0.5, 0.6) is 0 Å². The third-order valence-corrected chi connectivity index (χ3v) is 5.67. The summed E-state index contributed by atoms with van der Waals surface area (Å²) < 4.78 is 2.14. The Balaban J connectivity index is 1.66. The molecule has 0 spiro atoms. The molecule has 0 bridgehead atoms. The number of carbonyl (C=O) groups is 1. The van der Waals surface area contributed by atoms with Gasteiger partial charge in [-0.1, -0.05) is 6.92 Å². The Morgan fingerprint density at radius 3 is 2.92 bits per heavy atom. The highest BCUT2D eigenvalue weighted by Crippen LogP contribution is 2.37. The normalized spacial score (nSPS) is 21.3. The zero-order valence-corrected chi connectivity index (χ0v) is 14.6. The number of imidazole rings is 1. The number of thiazole rings is 1. The first-order valence-corrected chi connectivity index (χ1v) is 8.93. The predicted octanol–water partition coefficient (Wildman–Crippen LogP) is 2.69. The first-order valence-electron chi connectivity index (χ1n) is 8.05. The second-order valence-corrected chi connectivity index (χ2v) is 7.50. The molecule has 3 aromatic heterocycles. The molecule has 1 atom stereocenters. The minimum absolute atomic E-state index is 0.000111. The topological polar surface area (TPSA) is 63.4 Å². The number of aromatic nitrogens is 4. The van der Waals surface area contributed by atoms with Gasteiger partial charge < -0.3 is 4.90 Å². The number of likely N-dealkylation sites (tertiary alicyclic amines) is 1. The van der Waals surface area contributed by atoms with Crippen molar-refractivity contribution >= 4 is 22.1 Å². The summed E-state index contributed by atoms with van der Waals surface area (Å²) in [6.07, 6.45) is 8.67. The van der Waals surface area contributed by atoms with E-state index in [2.05, 4.69) is 32.9 Å². The van der Waals surface area contributed by atoms with Gasteiger partial charge in [0.25, 0.3) is 5.91 Å². The Bertz CT molecular complexity index is 887. The Morgan fingerprint density at radius 2 is 2.12 bits per heavy atom. The van der Waals surface area contributed by atoms with Crippen LogP contribution < -0.4 is 0 Å². The Labute approximate surface area is 144 Å². The number of carbonyl (C=O) groups excluding carboxylic acids is 1. The predicted molar refractivity (Wildman–Crippen MR) is 92.3 cm³/mol. The van der Waals surface area contributed by atoms with E-state index in [-0.39, 0.29) is 11.3 Å². The van der Waals surface area contributed by atoms with Crippen LogP contribution in [0.2, 0.25) is 0 Å². The molecule has 0 aromatic carbocycles. The van der Waals surface area contributed by atoms with Gasteiger partial charge in [-0.2, -0.15) is 0 Å². The van der Waals surface area contributed by atoms with Crippen LogP contribution in [0.25, 0.3) is 4.83 Å². The van der Waals surface area contributed by atoms with Crippen LogP contribution >= 0.6 is 11.3 Å². The maximum atomic E-state index is 12.8. The first-order chi connectivity index (χ1) is 11.6. The molecule has 1 fully saturated rings. The van der Waals surface area contributed by atoms with Gasteiger partial charge in [-0.15, -0.1) is 11.3 Å². The number of fused-ring (bicyclic) bond motifs is 1. The third kappa shape index (κ3) is 2.39. The molecule has 6 nitrogen and oxygen atoms in total. The molecule has 0 N–H and O–H groups in total. The Kier molecular flexibility index (Phi) is 3.60. The Hall–Kier alpha value is -2.28. The van der Waals surface area contributed by atoms with Gasteiger partial charge in [0.05, 0.1) is 11.3 Å². The van der Waals surface area contributed by atoms with Gasteiger partial charge in [-0.25, -0.2) is 15.0 Å². The number of aryl methyl sites for hydroxylation is 1. The molecule has 24 heavy (non-hydrogen) atoms. The van der Waals surface area contributed by atoms with Crippen LogP contribution in [-0.4, -0.2) is 43.2 Å². The molecule has 4 heterocycles. The number of nitrogens with zero attached hydrogens (tertiary/aromatic N) is 5. The highest BCUT2D eigenvalue weighted by molar-refractivity contribution is 7.15. The molecule has 1 aliphatic heterocycles. The van der Waals surface area contributed by atoms with E-state index in [4.69, 9.17) is 4.98 Å². The van der Waals surface area contributed by atoms with E-state index in [1.807, 2.05) is 11.8 Å². The van der Waals surface area contributed by atoms with Crippen molar-refractivity contribution in [3.05, 3.63) is 47.4 Å². The van der Waals surface area contributed by atoms with Crippen LogP contribution in [0.3, 0.4) is 0 Å². The second kappa shape index (κ2) is 5.66. The smallest absolute Gasteiger partial charge is 0.257 e. The average Bonchev–Trinajstić information content (AvgIpc) is 3.19. The van der Waals surface area contributed by atoms with Crippen molar-refractivity contribution in [2.75, 3.05) is 13.1 Å².